The summed E-state index contributed by atoms with van der Waals surface area (Å²) in [4.78, 5) is 54.8. The van der Waals surface area contributed by atoms with E-state index in [2.05, 4.69) is 5.32 Å². The molecule has 2 aromatic carbocycles. The van der Waals surface area contributed by atoms with Crippen molar-refractivity contribution in [2.75, 3.05) is 16.8 Å². The average Bonchev–Trinajstić information content (AvgIpc) is 3.47. The Labute approximate surface area is 193 Å². The zero-order chi connectivity index (χ0) is 23.2. The van der Waals surface area contributed by atoms with E-state index in [0.29, 0.717) is 29.2 Å². The number of aryl methyl sites for hydroxylation is 1. The topological polar surface area (TPSA) is 113 Å². The Hall–Kier alpha value is -3.30. The molecule has 0 aromatic heterocycles. The van der Waals surface area contributed by atoms with Gasteiger partial charge < -0.3 is 5.32 Å². The van der Waals surface area contributed by atoms with Crippen LogP contribution in [-0.4, -0.2) is 40.1 Å². The second kappa shape index (κ2) is 6.61. The number of nitro groups is 1. The Morgan fingerprint density at radius 3 is 2.58 bits per heavy atom. The quantitative estimate of drug-likeness (QED) is 0.413. The highest BCUT2D eigenvalue weighted by atomic mass is 35.5. The van der Waals surface area contributed by atoms with Gasteiger partial charge in [-0.1, -0.05) is 11.6 Å². The third kappa shape index (κ3) is 2.38. The number of nitrogens with zero attached hydrogens (tertiary/aromatic N) is 3. The summed E-state index contributed by atoms with van der Waals surface area (Å²) in [5.74, 6) is -2.72. The van der Waals surface area contributed by atoms with E-state index in [4.69, 9.17) is 11.6 Å². The highest BCUT2D eigenvalue weighted by Gasteiger charge is 2.74. The molecule has 0 aliphatic carbocycles. The van der Waals surface area contributed by atoms with Gasteiger partial charge in [-0.15, -0.1) is 0 Å². The van der Waals surface area contributed by atoms with Gasteiger partial charge in [0.25, 0.3) is 5.69 Å². The zero-order valence-electron chi connectivity index (χ0n) is 17.6. The molecule has 2 aromatic rings. The number of nitro benzene ring substituents is 1. The van der Waals surface area contributed by atoms with Crippen molar-refractivity contribution in [2.24, 2.45) is 11.8 Å². The number of carbonyl (C=O) groups excluding carboxylic acids is 3. The van der Waals surface area contributed by atoms with Crippen LogP contribution in [0.25, 0.3) is 0 Å². The Kier molecular flexibility index (Phi) is 4.07. The number of hydrogen-bond acceptors (Lipinski definition) is 6. The number of carbonyl (C=O) groups is 3. The molecule has 33 heavy (non-hydrogen) atoms. The molecule has 0 saturated carbocycles. The predicted octanol–water partition coefficient (Wildman–Crippen LogP) is 2.99. The summed E-state index contributed by atoms with van der Waals surface area (Å²) in [6.45, 7) is 2.46. The van der Waals surface area contributed by atoms with Crippen LogP contribution in [0.15, 0.2) is 36.4 Å². The van der Waals surface area contributed by atoms with E-state index in [1.54, 1.807) is 12.1 Å². The lowest BCUT2D eigenvalue weighted by Gasteiger charge is -2.36. The molecule has 0 unspecified atom stereocenters. The molecule has 6 rings (SSSR count). The lowest BCUT2D eigenvalue weighted by atomic mass is 9.75. The molecule has 4 atom stereocenters. The zero-order valence-corrected chi connectivity index (χ0v) is 18.3. The first-order valence-electron chi connectivity index (χ1n) is 10.8. The molecular formula is C23H19ClN4O5. The predicted molar refractivity (Wildman–Crippen MR) is 119 cm³/mol. The van der Waals surface area contributed by atoms with Crippen LogP contribution in [0.2, 0.25) is 5.02 Å². The number of imide groups is 1. The largest absolute Gasteiger partial charge is 0.324 e. The summed E-state index contributed by atoms with van der Waals surface area (Å²) in [5, 5.41) is 14.4. The summed E-state index contributed by atoms with van der Waals surface area (Å²) in [5.41, 5.74) is 0.912. The molecule has 0 radical (unpaired) electrons. The van der Waals surface area contributed by atoms with Crippen molar-refractivity contribution in [3.8, 4) is 0 Å². The van der Waals surface area contributed by atoms with Crippen LogP contribution < -0.4 is 10.2 Å². The first kappa shape index (κ1) is 20.3. The van der Waals surface area contributed by atoms with E-state index in [1.165, 1.54) is 24.3 Å². The highest BCUT2D eigenvalue weighted by molar-refractivity contribution is 6.31. The first-order chi connectivity index (χ1) is 15.8. The van der Waals surface area contributed by atoms with Crippen LogP contribution in [0, 0.1) is 28.9 Å². The summed E-state index contributed by atoms with van der Waals surface area (Å²) in [7, 11) is 0. The van der Waals surface area contributed by atoms with Crippen molar-refractivity contribution in [3.63, 3.8) is 0 Å². The Morgan fingerprint density at radius 1 is 1.15 bits per heavy atom. The Bertz CT molecular complexity index is 1280. The number of non-ortho nitro benzene ring substituents is 1. The molecule has 168 valence electrons. The molecule has 0 bridgehead atoms. The lowest BCUT2D eigenvalue weighted by molar-refractivity contribution is -0.384. The van der Waals surface area contributed by atoms with E-state index in [-0.39, 0.29) is 29.2 Å². The maximum atomic E-state index is 13.9. The maximum absolute atomic E-state index is 13.9. The minimum atomic E-state index is -1.31. The van der Waals surface area contributed by atoms with Gasteiger partial charge in [0.1, 0.15) is 5.54 Å². The van der Waals surface area contributed by atoms with Crippen LogP contribution in [0.1, 0.15) is 24.0 Å². The SMILES string of the molecule is Cc1cc(Cl)cc2c1NC(=O)[C@@]21[C@@H]2C(=O)N(c3ccc([N+](=O)[O-])cc3)C(=O)[C@H]2[C@H]2CCCN21. The number of fused-ring (bicyclic) bond motifs is 7. The molecule has 3 saturated heterocycles. The van der Waals surface area contributed by atoms with Crippen molar-refractivity contribution < 1.29 is 19.3 Å². The van der Waals surface area contributed by atoms with Gasteiger partial charge in [0.2, 0.25) is 17.7 Å². The van der Waals surface area contributed by atoms with E-state index in [1.807, 2.05) is 11.8 Å². The van der Waals surface area contributed by atoms with Crippen LogP contribution >= 0.6 is 11.6 Å². The molecule has 4 aliphatic rings. The molecule has 9 nitrogen and oxygen atoms in total. The van der Waals surface area contributed by atoms with Crippen molar-refractivity contribution in [2.45, 2.75) is 31.3 Å². The second-order valence-corrected chi connectivity index (χ2v) is 9.49. The molecule has 3 amide bonds. The molecular weight excluding hydrogens is 448 g/mol. The summed E-state index contributed by atoms with van der Waals surface area (Å²) in [6, 6.07) is 8.58. The number of hydrogen-bond donors (Lipinski definition) is 1. The third-order valence-corrected chi connectivity index (χ3v) is 7.80. The Balaban J connectivity index is 1.53. The van der Waals surface area contributed by atoms with Gasteiger partial charge in [-0.2, -0.15) is 0 Å². The van der Waals surface area contributed by atoms with Gasteiger partial charge in [-0.05, 0) is 56.1 Å². The number of amides is 3. The van der Waals surface area contributed by atoms with Gasteiger partial charge in [0, 0.05) is 34.4 Å². The fourth-order valence-corrected chi connectivity index (χ4v) is 6.69. The molecule has 4 heterocycles. The van der Waals surface area contributed by atoms with Crippen LogP contribution in [0.5, 0.6) is 0 Å². The number of nitrogens with one attached hydrogen (secondary N) is 1. The fraction of sp³-hybridized carbons (Fsp3) is 0.348. The van der Waals surface area contributed by atoms with Crippen molar-refractivity contribution in [1.82, 2.24) is 4.90 Å². The minimum absolute atomic E-state index is 0.134. The normalized spacial score (nSPS) is 30.1. The molecule has 1 N–H and O–H groups in total. The summed E-state index contributed by atoms with van der Waals surface area (Å²) >= 11 is 6.38. The third-order valence-electron chi connectivity index (χ3n) is 7.58. The average molecular weight is 467 g/mol. The number of anilines is 2. The maximum Gasteiger partial charge on any atom is 0.269 e. The van der Waals surface area contributed by atoms with Gasteiger partial charge in [-0.25, -0.2) is 4.90 Å². The fourth-order valence-electron chi connectivity index (χ4n) is 6.41. The first-order valence-corrected chi connectivity index (χ1v) is 11.2. The highest BCUT2D eigenvalue weighted by Crippen LogP contribution is 2.61. The smallest absolute Gasteiger partial charge is 0.269 e. The van der Waals surface area contributed by atoms with Gasteiger partial charge in [0.05, 0.1) is 22.4 Å². The van der Waals surface area contributed by atoms with Gasteiger partial charge in [0.15, 0.2) is 0 Å². The van der Waals surface area contributed by atoms with Crippen molar-refractivity contribution in [1.29, 1.82) is 0 Å². The molecule has 10 heteroatoms. The van der Waals surface area contributed by atoms with Crippen LogP contribution in [-0.2, 0) is 19.9 Å². The summed E-state index contributed by atoms with van der Waals surface area (Å²) in [6.07, 6.45) is 1.52. The summed E-state index contributed by atoms with van der Waals surface area (Å²) < 4.78 is 0. The van der Waals surface area contributed by atoms with E-state index in [9.17, 15) is 24.5 Å². The minimum Gasteiger partial charge on any atom is -0.324 e. The molecule has 3 fully saturated rings. The van der Waals surface area contributed by atoms with Crippen LogP contribution in [0.3, 0.4) is 0 Å². The van der Waals surface area contributed by atoms with Crippen molar-refractivity contribution >= 4 is 46.4 Å². The van der Waals surface area contributed by atoms with E-state index < -0.39 is 28.2 Å². The van der Waals surface area contributed by atoms with Crippen molar-refractivity contribution in [3.05, 3.63) is 62.7 Å². The van der Waals surface area contributed by atoms with Gasteiger partial charge in [-0.3, -0.25) is 29.4 Å². The number of rotatable bonds is 2. The van der Waals surface area contributed by atoms with E-state index in [0.717, 1.165) is 16.9 Å². The number of benzene rings is 2. The van der Waals surface area contributed by atoms with E-state index >= 15 is 0 Å². The lowest BCUT2D eigenvalue weighted by Crippen LogP contribution is -2.54. The van der Waals surface area contributed by atoms with Gasteiger partial charge >= 0.3 is 0 Å². The van der Waals surface area contributed by atoms with Crippen LogP contribution in [0.4, 0.5) is 17.1 Å². The Morgan fingerprint density at radius 2 is 1.88 bits per heavy atom. The standard InChI is InChI=1S/C23H19ClN4O5/c1-11-9-12(24)10-15-19(11)25-22(31)23(15)18-17(16-3-2-8-26(16)23)20(29)27(21(18)30)13-4-6-14(7-5-13)28(32)33/h4-7,9-10,16-18H,2-3,8H2,1H3,(H,25,31)/t16-,17+,18+,23+/m1/s1. The second-order valence-electron chi connectivity index (χ2n) is 9.06. The monoisotopic (exact) mass is 466 g/mol. The molecule has 1 spiro atoms. The molecule has 4 aliphatic heterocycles. The number of halogens is 1.